The van der Waals surface area contributed by atoms with Gasteiger partial charge in [-0.1, -0.05) is 12.1 Å². The van der Waals surface area contributed by atoms with Crippen LogP contribution in [0.5, 0.6) is 5.75 Å². The number of amides is 1. The number of nitrogens with one attached hydrogen (secondary N) is 1. The monoisotopic (exact) mass is 559 g/mol. The van der Waals surface area contributed by atoms with Gasteiger partial charge in [0, 0.05) is 17.6 Å². The molecule has 1 heterocycles. The highest BCUT2D eigenvalue weighted by Crippen LogP contribution is 2.27. The van der Waals surface area contributed by atoms with E-state index in [0.29, 0.717) is 29.0 Å². The molecule has 2 aromatic carbocycles. The minimum absolute atomic E-state index is 0.137. The van der Waals surface area contributed by atoms with E-state index in [1.54, 1.807) is 36.4 Å². The zero-order chi connectivity index (χ0) is 24.1. The Morgan fingerprint density at radius 3 is 2.30 bits per heavy atom. The average Bonchev–Trinajstić information content (AvgIpc) is 3.31. The summed E-state index contributed by atoms with van der Waals surface area (Å²) >= 11 is 3.31. The number of ether oxygens (including phenoxy) is 1. The number of anilines is 1. The first-order valence-electron chi connectivity index (χ1n) is 10.3. The van der Waals surface area contributed by atoms with Crippen molar-refractivity contribution in [3.63, 3.8) is 0 Å². The summed E-state index contributed by atoms with van der Waals surface area (Å²) in [6, 6.07) is 12.9. The van der Waals surface area contributed by atoms with Gasteiger partial charge >= 0.3 is 0 Å². The van der Waals surface area contributed by atoms with Crippen molar-refractivity contribution in [3.05, 3.63) is 53.0 Å². The Balaban J connectivity index is 1.50. The molecule has 1 aliphatic heterocycles. The van der Waals surface area contributed by atoms with Crippen LogP contribution in [0.25, 0.3) is 0 Å². The minimum atomic E-state index is -3.67. The molecule has 1 aliphatic rings. The lowest BCUT2D eigenvalue weighted by Crippen LogP contribution is -2.41. The number of nitrogens with zero attached hydrogens (tertiary/aromatic N) is 2. The van der Waals surface area contributed by atoms with Crippen LogP contribution < -0.4 is 14.4 Å². The van der Waals surface area contributed by atoms with E-state index in [1.165, 1.54) is 16.4 Å². The van der Waals surface area contributed by atoms with Gasteiger partial charge in [-0.3, -0.25) is 9.10 Å². The Labute approximate surface area is 203 Å². The molecule has 9 nitrogen and oxygen atoms in total. The molecule has 0 spiro atoms. The van der Waals surface area contributed by atoms with Gasteiger partial charge in [0.25, 0.3) is 0 Å². The smallest absolute Gasteiger partial charge is 0.243 e. The van der Waals surface area contributed by atoms with Gasteiger partial charge in [0.2, 0.25) is 26.0 Å². The van der Waals surface area contributed by atoms with E-state index in [-0.39, 0.29) is 24.6 Å². The predicted octanol–water partition coefficient (Wildman–Crippen LogP) is 2.19. The van der Waals surface area contributed by atoms with E-state index in [1.807, 2.05) is 0 Å². The van der Waals surface area contributed by atoms with Gasteiger partial charge in [-0.2, -0.15) is 4.31 Å². The van der Waals surface area contributed by atoms with Crippen molar-refractivity contribution >= 4 is 47.6 Å². The van der Waals surface area contributed by atoms with Crippen LogP contribution in [0.4, 0.5) is 5.69 Å². The van der Waals surface area contributed by atoms with Gasteiger partial charge in [-0.05, 0) is 65.2 Å². The number of para-hydroxylation sites is 1. The molecule has 1 fully saturated rings. The molecule has 1 N–H and O–H groups in total. The van der Waals surface area contributed by atoms with Gasteiger partial charge in [-0.15, -0.1) is 0 Å². The first kappa shape index (κ1) is 25.5. The number of carbonyl (C=O) groups is 1. The second kappa shape index (κ2) is 10.9. The van der Waals surface area contributed by atoms with Gasteiger partial charge in [0.1, 0.15) is 18.9 Å². The first-order valence-corrected chi connectivity index (χ1v) is 14.4. The Bertz CT molecular complexity index is 1180. The fourth-order valence-corrected chi connectivity index (χ4v) is 6.37. The van der Waals surface area contributed by atoms with Crippen molar-refractivity contribution in [1.82, 2.24) is 9.62 Å². The van der Waals surface area contributed by atoms with Crippen LogP contribution in [-0.2, 0) is 24.8 Å². The van der Waals surface area contributed by atoms with Gasteiger partial charge in [0.05, 0.1) is 23.4 Å². The molecule has 0 saturated carbocycles. The molecule has 180 valence electrons. The molecule has 0 radical (unpaired) electrons. The van der Waals surface area contributed by atoms with Crippen molar-refractivity contribution < 1.29 is 26.4 Å². The van der Waals surface area contributed by atoms with Crippen molar-refractivity contribution in [1.29, 1.82) is 0 Å². The number of carbonyl (C=O) groups excluding carboxylic acids is 1. The lowest BCUT2D eigenvalue weighted by Gasteiger charge is -2.23. The normalized spacial score (nSPS) is 14.7. The molecule has 2 aromatic rings. The molecular formula is C21H26BrN3O6S2. The fraction of sp³-hybridized carbons (Fsp3) is 0.381. The third-order valence-electron chi connectivity index (χ3n) is 5.03. The highest BCUT2D eigenvalue weighted by Gasteiger charge is 2.27. The zero-order valence-corrected chi connectivity index (χ0v) is 21.3. The number of rotatable bonds is 10. The molecule has 1 amide bonds. The summed E-state index contributed by atoms with van der Waals surface area (Å²) in [7, 11) is -7.15. The molecule has 3 rings (SSSR count). The SMILES string of the molecule is CS(=O)(=O)N(CC(=O)NCCOc1ccc(S(=O)(=O)N2CCCC2)cc1)c1ccccc1Br. The topological polar surface area (TPSA) is 113 Å². The summed E-state index contributed by atoms with van der Waals surface area (Å²) in [6.45, 7) is 0.999. The van der Waals surface area contributed by atoms with E-state index in [9.17, 15) is 21.6 Å². The third-order valence-corrected chi connectivity index (χ3v) is 8.74. The van der Waals surface area contributed by atoms with Crippen LogP contribution in [0.3, 0.4) is 0 Å². The largest absolute Gasteiger partial charge is 0.492 e. The Kier molecular flexibility index (Phi) is 8.38. The summed E-state index contributed by atoms with van der Waals surface area (Å²) in [5.74, 6) is -0.0116. The van der Waals surface area contributed by atoms with Crippen molar-refractivity contribution in [3.8, 4) is 5.75 Å². The molecule has 0 unspecified atom stereocenters. The highest BCUT2D eigenvalue weighted by atomic mass is 79.9. The van der Waals surface area contributed by atoms with Crippen LogP contribution in [0.15, 0.2) is 57.9 Å². The predicted molar refractivity (Wildman–Crippen MR) is 129 cm³/mol. The first-order chi connectivity index (χ1) is 15.6. The second-order valence-corrected chi connectivity index (χ2v) is 12.2. The molecule has 0 aromatic heterocycles. The molecule has 12 heteroatoms. The van der Waals surface area contributed by atoms with E-state index < -0.39 is 26.0 Å². The van der Waals surface area contributed by atoms with Crippen molar-refractivity contribution in [2.24, 2.45) is 0 Å². The summed E-state index contributed by atoms with van der Waals surface area (Å²) in [5, 5.41) is 2.63. The van der Waals surface area contributed by atoms with E-state index in [4.69, 9.17) is 4.74 Å². The van der Waals surface area contributed by atoms with Crippen LogP contribution in [0.1, 0.15) is 12.8 Å². The minimum Gasteiger partial charge on any atom is -0.492 e. The number of hydrogen-bond acceptors (Lipinski definition) is 6. The maximum Gasteiger partial charge on any atom is 0.243 e. The molecule has 0 atom stereocenters. The molecule has 0 bridgehead atoms. The quantitative estimate of drug-likeness (QED) is 0.446. The van der Waals surface area contributed by atoms with Crippen molar-refractivity contribution in [2.75, 3.05) is 43.3 Å². The number of halogens is 1. The second-order valence-electron chi connectivity index (χ2n) is 7.50. The van der Waals surface area contributed by atoms with Crippen LogP contribution in [-0.4, -0.2) is 66.1 Å². The van der Waals surface area contributed by atoms with E-state index in [2.05, 4.69) is 21.2 Å². The van der Waals surface area contributed by atoms with Gasteiger partial charge in [-0.25, -0.2) is 16.8 Å². The summed E-state index contributed by atoms with van der Waals surface area (Å²) in [4.78, 5) is 12.5. The van der Waals surface area contributed by atoms with Crippen LogP contribution in [0.2, 0.25) is 0 Å². The van der Waals surface area contributed by atoms with Gasteiger partial charge < -0.3 is 10.1 Å². The third kappa shape index (κ3) is 6.69. The fourth-order valence-electron chi connectivity index (χ4n) is 3.37. The lowest BCUT2D eigenvalue weighted by molar-refractivity contribution is -0.119. The molecule has 33 heavy (non-hydrogen) atoms. The molecule has 1 saturated heterocycles. The standard InChI is InChI=1S/C21H26BrN3O6S2/c1-32(27,28)25(20-7-3-2-6-19(20)22)16-21(26)23-12-15-31-17-8-10-18(11-9-17)33(29,30)24-13-4-5-14-24/h2-3,6-11H,4-5,12-16H2,1H3,(H,23,26). The summed E-state index contributed by atoms with van der Waals surface area (Å²) in [5.41, 5.74) is 0.371. The average molecular weight is 560 g/mol. The van der Waals surface area contributed by atoms with E-state index in [0.717, 1.165) is 23.4 Å². The van der Waals surface area contributed by atoms with E-state index >= 15 is 0 Å². The number of benzene rings is 2. The molecule has 0 aliphatic carbocycles. The van der Waals surface area contributed by atoms with Crippen LogP contribution >= 0.6 is 15.9 Å². The van der Waals surface area contributed by atoms with Gasteiger partial charge in [0.15, 0.2) is 0 Å². The Hall–Kier alpha value is -2.15. The number of hydrogen-bond donors (Lipinski definition) is 1. The van der Waals surface area contributed by atoms with Crippen LogP contribution in [0, 0.1) is 0 Å². The Morgan fingerprint density at radius 2 is 1.70 bits per heavy atom. The molecular weight excluding hydrogens is 534 g/mol. The highest BCUT2D eigenvalue weighted by molar-refractivity contribution is 9.10. The Morgan fingerprint density at radius 1 is 1.06 bits per heavy atom. The zero-order valence-electron chi connectivity index (χ0n) is 18.1. The summed E-state index contributed by atoms with van der Waals surface area (Å²) in [6.07, 6.45) is 2.78. The summed E-state index contributed by atoms with van der Waals surface area (Å²) < 4.78 is 58.1. The lowest BCUT2D eigenvalue weighted by atomic mass is 10.3. The van der Waals surface area contributed by atoms with Crippen molar-refractivity contribution in [2.45, 2.75) is 17.7 Å². The maximum absolute atomic E-state index is 12.6. The number of sulfonamides is 2. The maximum atomic E-state index is 12.6.